The molecule has 1 amide bonds. The van der Waals surface area contributed by atoms with E-state index in [0.717, 1.165) is 5.56 Å². The lowest BCUT2D eigenvalue weighted by atomic mass is 10.1. The Morgan fingerprint density at radius 3 is 2.77 bits per heavy atom. The summed E-state index contributed by atoms with van der Waals surface area (Å²) in [6, 6.07) is 12.8. The molecule has 8 heteroatoms. The summed E-state index contributed by atoms with van der Waals surface area (Å²) in [6.07, 6.45) is 2.25. The van der Waals surface area contributed by atoms with Crippen LogP contribution in [0.5, 0.6) is 0 Å². The lowest BCUT2D eigenvalue weighted by molar-refractivity contribution is -0.117. The van der Waals surface area contributed by atoms with E-state index in [4.69, 9.17) is 23.1 Å². The van der Waals surface area contributed by atoms with Gasteiger partial charge in [-0.2, -0.15) is 0 Å². The van der Waals surface area contributed by atoms with Gasteiger partial charge in [-0.1, -0.05) is 41.9 Å². The number of carbonyl (C=O) groups is 1. The quantitative estimate of drug-likeness (QED) is 0.493. The molecule has 0 radical (unpaired) electrons. The second kappa shape index (κ2) is 10.2. The predicted octanol–water partition coefficient (Wildman–Crippen LogP) is 2.52. The van der Waals surface area contributed by atoms with E-state index < -0.39 is 0 Å². The molecular formula is C23H27ClFN5O. The third-order valence-electron chi connectivity index (χ3n) is 5.23. The van der Waals surface area contributed by atoms with Crippen LogP contribution in [-0.2, 0) is 17.8 Å². The molecule has 0 spiro atoms. The summed E-state index contributed by atoms with van der Waals surface area (Å²) in [5.41, 5.74) is 15.1. The van der Waals surface area contributed by atoms with Gasteiger partial charge in [-0.05, 0) is 48.2 Å². The van der Waals surface area contributed by atoms with E-state index in [1.807, 2.05) is 35.2 Å². The zero-order valence-corrected chi connectivity index (χ0v) is 18.2. The molecule has 1 aliphatic rings. The summed E-state index contributed by atoms with van der Waals surface area (Å²) in [4.78, 5) is 14.4. The van der Waals surface area contributed by atoms with Crippen LogP contribution in [0, 0.1) is 12.7 Å². The zero-order valence-electron chi connectivity index (χ0n) is 17.4. The fourth-order valence-corrected chi connectivity index (χ4v) is 3.66. The van der Waals surface area contributed by atoms with Gasteiger partial charge in [-0.3, -0.25) is 4.79 Å². The van der Waals surface area contributed by atoms with Crippen LogP contribution in [0.4, 0.5) is 4.39 Å². The first-order valence-corrected chi connectivity index (χ1v) is 10.5. The maximum atomic E-state index is 14.0. The van der Waals surface area contributed by atoms with Crippen LogP contribution >= 0.6 is 11.6 Å². The van der Waals surface area contributed by atoms with Crippen molar-refractivity contribution in [3.63, 3.8) is 0 Å². The van der Waals surface area contributed by atoms with Crippen molar-refractivity contribution in [2.24, 2.45) is 11.5 Å². The Bertz CT molecular complexity index is 1010. The van der Waals surface area contributed by atoms with Gasteiger partial charge >= 0.3 is 0 Å². The largest absolute Gasteiger partial charge is 0.394 e. The molecule has 1 aliphatic heterocycles. The minimum absolute atomic E-state index is 0.0433. The first-order chi connectivity index (χ1) is 14.9. The topological polar surface area (TPSA) is 96.4 Å². The van der Waals surface area contributed by atoms with Crippen LogP contribution in [-0.4, -0.2) is 30.4 Å². The highest BCUT2D eigenvalue weighted by Crippen LogP contribution is 2.26. The molecule has 6 N–H and O–H groups in total. The van der Waals surface area contributed by atoms with Crippen molar-refractivity contribution in [2.45, 2.75) is 19.9 Å². The van der Waals surface area contributed by atoms with Crippen LogP contribution in [0.2, 0.25) is 5.02 Å². The zero-order chi connectivity index (χ0) is 22.4. The molecule has 0 aliphatic carbocycles. The van der Waals surface area contributed by atoms with Crippen molar-refractivity contribution in [1.82, 2.24) is 15.5 Å². The van der Waals surface area contributed by atoms with Crippen molar-refractivity contribution in [2.75, 3.05) is 19.6 Å². The number of nitrogens with two attached hydrogens (primary N) is 2. The Kier molecular flexibility index (Phi) is 7.41. The minimum atomic E-state index is -0.373. The maximum absolute atomic E-state index is 14.0. The smallest absolute Gasteiger partial charge is 0.267 e. The summed E-state index contributed by atoms with van der Waals surface area (Å²) < 4.78 is 14.0. The summed E-state index contributed by atoms with van der Waals surface area (Å²) in [6.45, 7) is 3.71. The molecule has 1 heterocycles. The highest BCUT2D eigenvalue weighted by atomic mass is 35.5. The Morgan fingerprint density at radius 2 is 2.03 bits per heavy atom. The van der Waals surface area contributed by atoms with Gasteiger partial charge < -0.3 is 27.0 Å². The van der Waals surface area contributed by atoms with Gasteiger partial charge in [0.1, 0.15) is 11.6 Å². The van der Waals surface area contributed by atoms with Gasteiger partial charge in [-0.15, -0.1) is 0 Å². The maximum Gasteiger partial charge on any atom is 0.267 e. The van der Waals surface area contributed by atoms with Crippen LogP contribution in [0.1, 0.15) is 16.7 Å². The number of halogens is 2. The van der Waals surface area contributed by atoms with Gasteiger partial charge in [0.15, 0.2) is 0 Å². The molecule has 0 bridgehead atoms. The summed E-state index contributed by atoms with van der Waals surface area (Å²) >= 11 is 6.31. The Hall–Kier alpha value is -3.19. The van der Waals surface area contributed by atoms with Gasteiger partial charge in [0.2, 0.25) is 0 Å². The van der Waals surface area contributed by atoms with Crippen LogP contribution in [0.3, 0.4) is 0 Å². The molecule has 0 fully saturated rings. The first-order valence-electron chi connectivity index (χ1n) is 10.1. The number of benzene rings is 2. The van der Waals surface area contributed by atoms with Gasteiger partial charge in [-0.25, -0.2) is 4.39 Å². The second-order valence-corrected chi connectivity index (χ2v) is 7.78. The molecule has 3 rings (SSSR count). The summed E-state index contributed by atoms with van der Waals surface area (Å²) in [5.74, 6) is -0.293. The number of amides is 1. The highest BCUT2D eigenvalue weighted by molar-refractivity contribution is 6.31. The van der Waals surface area contributed by atoms with E-state index >= 15 is 0 Å². The normalized spacial score (nSPS) is 14.4. The van der Waals surface area contributed by atoms with Gasteiger partial charge in [0, 0.05) is 31.2 Å². The van der Waals surface area contributed by atoms with E-state index in [0.29, 0.717) is 60.3 Å². The molecule has 0 unspecified atom stereocenters. The van der Waals surface area contributed by atoms with E-state index in [1.54, 1.807) is 19.1 Å². The standard InChI is InChI=1S/C23H27ClFN5O/c1-15-17(18(24)7-8-19(15)25)14-30-12-11-28-22(27)21(30)13-20(26)23(31)29-10-9-16-5-3-2-4-6-16/h2-8,13,28H,9-12,14,26-27H2,1H3,(H,29,31)/b20-13-. The van der Waals surface area contributed by atoms with Crippen LogP contribution < -0.4 is 22.1 Å². The molecule has 6 nitrogen and oxygen atoms in total. The predicted molar refractivity (Wildman–Crippen MR) is 121 cm³/mol. The lowest BCUT2D eigenvalue weighted by Crippen LogP contribution is -2.41. The third-order valence-corrected chi connectivity index (χ3v) is 5.59. The number of nitrogens with one attached hydrogen (secondary N) is 2. The SMILES string of the molecule is Cc1c(F)ccc(Cl)c1CN1CCNC(N)=C1/C=C(\N)C(=O)NCCc1ccccc1. The van der Waals surface area contributed by atoms with E-state index in [2.05, 4.69) is 10.6 Å². The molecule has 31 heavy (non-hydrogen) atoms. The average molecular weight is 444 g/mol. The fourth-order valence-electron chi connectivity index (χ4n) is 3.40. The Morgan fingerprint density at radius 1 is 1.29 bits per heavy atom. The Labute approximate surface area is 186 Å². The summed E-state index contributed by atoms with van der Waals surface area (Å²) in [7, 11) is 0. The van der Waals surface area contributed by atoms with Gasteiger partial charge in [0.25, 0.3) is 5.91 Å². The molecule has 0 saturated carbocycles. The highest BCUT2D eigenvalue weighted by Gasteiger charge is 2.21. The molecule has 2 aromatic carbocycles. The molecule has 0 atom stereocenters. The monoisotopic (exact) mass is 443 g/mol. The number of nitrogens with zero attached hydrogens (tertiary/aromatic N) is 1. The van der Waals surface area contributed by atoms with Crippen molar-refractivity contribution in [3.05, 3.63) is 93.3 Å². The van der Waals surface area contributed by atoms with Crippen LogP contribution in [0.25, 0.3) is 0 Å². The average Bonchev–Trinajstić information content (AvgIpc) is 2.76. The molecule has 0 saturated heterocycles. The summed E-state index contributed by atoms with van der Waals surface area (Å²) in [5, 5.41) is 6.37. The molecule has 2 aromatic rings. The number of hydrogen-bond donors (Lipinski definition) is 4. The van der Waals surface area contributed by atoms with E-state index in [1.165, 1.54) is 6.07 Å². The van der Waals surface area contributed by atoms with Crippen molar-refractivity contribution >= 4 is 17.5 Å². The number of hydrogen-bond acceptors (Lipinski definition) is 5. The number of carbonyl (C=O) groups excluding carboxylic acids is 1. The number of allylic oxidation sites excluding steroid dienone is 1. The fraction of sp³-hybridized carbons (Fsp3) is 0.261. The van der Waals surface area contributed by atoms with Crippen LogP contribution in [0.15, 0.2) is 65.8 Å². The Balaban J connectivity index is 1.71. The second-order valence-electron chi connectivity index (χ2n) is 7.37. The lowest BCUT2D eigenvalue weighted by Gasteiger charge is -2.32. The third kappa shape index (κ3) is 5.70. The van der Waals surface area contributed by atoms with Crippen molar-refractivity contribution in [1.29, 1.82) is 0 Å². The minimum Gasteiger partial charge on any atom is -0.394 e. The number of rotatable bonds is 7. The van der Waals surface area contributed by atoms with Crippen molar-refractivity contribution in [3.8, 4) is 0 Å². The van der Waals surface area contributed by atoms with E-state index in [-0.39, 0.29) is 17.4 Å². The van der Waals surface area contributed by atoms with E-state index in [9.17, 15) is 9.18 Å². The van der Waals surface area contributed by atoms with Gasteiger partial charge in [0.05, 0.1) is 11.4 Å². The van der Waals surface area contributed by atoms with Crippen molar-refractivity contribution < 1.29 is 9.18 Å². The molecule has 0 aromatic heterocycles. The molecule has 164 valence electrons. The molecular weight excluding hydrogens is 417 g/mol. The first kappa shape index (κ1) is 22.5.